The molecule has 4 aromatic rings. The number of oxazole rings is 1. The van der Waals surface area contributed by atoms with Crippen molar-refractivity contribution in [3.8, 4) is 11.5 Å². The summed E-state index contributed by atoms with van der Waals surface area (Å²) in [4.78, 5) is 6.86. The fraction of sp³-hybridized carbons (Fsp3) is 0.310. The lowest BCUT2D eigenvalue weighted by atomic mass is 9.84. The van der Waals surface area contributed by atoms with E-state index in [4.69, 9.17) is 18.9 Å². The van der Waals surface area contributed by atoms with Crippen molar-refractivity contribution in [1.29, 1.82) is 0 Å². The molecule has 0 spiro atoms. The zero-order valence-electron chi connectivity index (χ0n) is 21.1. The number of fused-ring (bicyclic) bond motifs is 1. The molecule has 3 aromatic carbocycles. The van der Waals surface area contributed by atoms with Crippen LogP contribution in [0.5, 0.6) is 11.5 Å². The molecule has 4 rings (SSSR count). The second-order valence-corrected chi connectivity index (χ2v) is 9.74. The predicted octanol–water partition coefficient (Wildman–Crippen LogP) is 7.34. The largest absolute Gasteiger partial charge is 0.493 e. The highest BCUT2D eigenvalue weighted by molar-refractivity contribution is 5.74. The van der Waals surface area contributed by atoms with Gasteiger partial charge in [-0.2, -0.15) is 4.98 Å². The van der Waals surface area contributed by atoms with Crippen LogP contribution in [0, 0.1) is 24.0 Å². The normalized spacial score (nSPS) is 12.5. The standard InChI is InChI=1S/C29H31F2N2O3/c1-6-27(29(2,3)4)33(28-32-23-12-7-8-13-24(23)36-28)17-19-14-15-25(26(16-19)34-5)35-18-20-21(30)10-9-11-22(20)31/h7-16,27H,1,6,17-18H2,2-5H3. The van der Waals surface area contributed by atoms with Gasteiger partial charge in [0.2, 0.25) is 0 Å². The minimum absolute atomic E-state index is 0.0384. The van der Waals surface area contributed by atoms with E-state index in [-0.39, 0.29) is 23.6 Å². The van der Waals surface area contributed by atoms with Crippen LogP contribution in [0.15, 0.2) is 65.1 Å². The molecule has 36 heavy (non-hydrogen) atoms. The maximum atomic E-state index is 14.0. The Kier molecular flexibility index (Phi) is 7.48. The van der Waals surface area contributed by atoms with Crippen LogP contribution >= 0.6 is 0 Å². The lowest BCUT2D eigenvalue weighted by molar-refractivity contribution is 0.273. The van der Waals surface area contributed by atoms with E-state index in [1.165, 1.54) is 25.3 Å². The number of anilines is 1. The number of hydrogen-bond donors (Lipinski definition) is 0. The Morgan fingerprint density at radius 3 is 2.36 bits per heavy atom. The monoisotopic (exact) mass is 493 g/mol. The van der Waals surface area contributed by atoms with Crippen LogP contribution in [0.25, 0.3) is 11.1 Å². The van der Waals surface area contributed by atoms with Gasteiger partial charge in [-0.1, -0.05) is 52.0 Å². The van der Waals surface area contributed by atoms with E-state index in [2.05, 4.69) is 32.6 Å². The van der Waals surface area contributed by atoms with Crippen LogP contribution in [0.2, 0.25) is 0 Å². The van der Waals surface area contributed by atoms with Crippen molar-refractivity contribution in [3.63, 3.8) is 0 Å². The number of para-hydroxylation sites is 2. The van der Waals surface area contributed by atoms with Crippen molar-refractivity contribution in [2.45, 2.75) is 46.4 Å². The summed E-state index contributed by atoms with van der Waals surface area (Å²) in [6, 6.07) is 17.5. The molecule has 5 nitrogen and oxygen atoms in total. The Bertz CT molecular complexity index is 1280. The molecule has 0 aliphatic carbocycles. The highest BCUT2D eigenvalue weighted by Crippen LogP contribution is 2.35. The highest BCUT2D eigenvalue weighted by Gasteiger charge is 2.32. The molecule has 0 N–H and O–H groups in total. The smallest absolute Gasteiger partial charge is 0.298 e. The maximum absolute atomic E-state index is 14.0. The van der Waals surface area contributed by atoms with E-state index in [1.54, 1.807) is 6.07 Å². The van der Waals surface area contributed by atoms with Crippen molar-refractivity contribution in [2.24, 2.45) is 5.41 Å². The molecule has 7 heteroatoms. The number of methoxy groups -OCH3 is 1. The molecule has 0 saturated carbocycles. The average molecular weight is 494 g/mol. The summed E-state index contributed by atoms with van der Waals surface area (Å²) in [6.45, 7) is 10.9. The van der Waals surface area contributed by atoms with Gasteiger partial charge in [-0.25, -0.2) is 8.78 Å². The molecule has 0 aliphatic rings. The molecular weight excluding hydrogens is 462 g/mol. The van der Waals surface area contributed by atoms with Crippen molar-refractivity contribution < 1.29 is 22.7 Å². The molecule has 1 heterocycles. The second-order valence-electron chi connectivity index (χ2n) is 9.74. The summed E-state index contributed by atoms with van der Waals surface area (Å²) in [5.41, 5.74) is 2.21. The molecule has 0 amide bonds. The van der Waals surface area contributed by atoms with Crippen molar-refractivity contribution in [3.05, 3.63) is 90.3 Å². The van der Waals surface area contributed by atoms with Gasteiger partial charge in [0, 0.05) is 12.6 Å². The van der Waals surface area contributed by atoms with Crippen LogP contribution in [0.1, 0.15) is 38.3 Å². The van der Waals surface area contributed by atoms with E-state index in [0.29, 0.717) is 30.5 Å². The fourth-order valence-electron chi connectivity index (χ4n) is 4.30. The minimum Gasteiger partial charge on any atom is -0.493 e. The maximum Gasteiger partial charge on any atom is 0.298 e. The average Bonchev–Trinajstić information content (AvgIpc) is 3.27. The first-order valence-electron chi connectivity index (χ1n) is 11.9. The topological polar surface area (TPSA) is 47.7 Å². The minimum atomic E-state index is -0.652. The SMILES string of the molecule is [CH2]CC(N(Cc1ccc(OCc2c(F)cccc2F)c(OC)c1)c1nc2ccccc2o1)C(C)(C)C. The summed E-state index contributed by atoms with van der Waals surface area (Å²) >= 11 is 0. The molecule has 0 bridgehead atoms. The van der Waals surface area contributed by atoms with Gasteiger partial charge < -0.3 is 18.8 Å². The molecule has 0 aliphatic heterocycles. The van der Waals surface area contributed by atoms with E-state index in [9.17, 15) is 8.78 Å². The molecule has 1 atom stereocenters. The zero-order valence-corrected chi connectivity index (χ0v) is 21.1. The zero-order chi connectivity index (χ0) is 25.9. The number of nitrogens with zero attached hydrogens (tertiary/aromatic N) is 2. The quantitative estimate of drug-likeness (QED) is 0.244. The van der Waals surface area contributed by atoms with Crippen molar-refractivity contribution in [2.75, 3.05) is 12.0 Å². The Morgan fingerprint density at radius 1 is 1.00 bits per heavy atom. The van der Waals surface area contributed by atoms with Gasteiger partial charge >= 0.3 is 0 Å². The Hall–Kier alpha value is -3.61. The van der Waals surface area contributed by atoms with E-state index in [0.717, 1.165) is 16.7 Å². The van der Waals surface area contributed by atoms with Crippen molar-refractivity contribution in [1.82, 2.24) is 4.98 Å². The third-order valence-corrected chi connectivity index (χ3v) is 6.19. The number of halogens is 2. The molecule has 189 valence electrons. The van der Waals surface area contributed by atoms with Crippen LogP contribution in [0.3, 0.4) is 0 Å². The number of aromatic nitrogens is 1. The summed E-state index contributed by atoms with van der Waals surface area (Å²) in [6.07, 6.45) is 0.648. The summed E-state index contributed by atoms with van der Waals surface area (Å²) < 4.78 is 45.4. The number of benzene rings is 3. The highest BCUT2D eigenvalue weighted by atomic mass is 19.1. The van der Waals surface area contributed by atoms with Gasteiger partial charge in [0.05, 0.1) is 12.7 Å². The first-order chi connectivity index (χ1) is 17.2. The van der Waals surface area contributed by atoms with E-state index >= 15 is 0 Å². The summed E-state index contributed by atoms with van der Waals surface area (Å²) in [5, 5.41) is 0. The summed E-state index contributed by atoms with van der Waals surface area (Å²) in [7, 11) is 1.53. The Labute approximate surface area is 210 Å². The lowest BCUT2D eigenvalue weighted by Crippen LogP contribution is -2.43. The number of ether oxygens (including phenoxy) is 2. The van der Waals surface area contributed by atoms with Crippen molar-refractivity contribution >= 4 is 17.1 Å². The van der Waals surface area contributed by atoms with Crippen LogP contribution in [-0.4, -0.2) is 18.1 Å². The van der Waals surface area contributed by atoms with Crippen LogP contribution in [-0.2, 0) is 13.2 Å². The van der Waals surface area contributed by atoms with Gasteiger partial charge in [-0.05, 0) is 53.8 Å². The molecule has 0 saturated heterocycles. The molecule has 1 radical (unpaired) electrons. The van der Waals surface area contributed by atoms with Gasteiger partial charge in [0.25, 0.3) is 6.01 Å². The molecule has 1 aromatic heterocycles. The van der Waals surface area contributed by atoms with E-state index in [1.807, 2.05) is 36.4 Å². The lowest BCUT2D eigenvalue weighted by Gasteiger charge is -2.39. The third kappa shape index (κ3) is 5.45. The van der Waals surface area contributed by atoms with E-state index < -0.39 is 11.6 Å². The third-order valence-electron chi connectivity index (χ3n) is 6.19. The molecule has 0 fully saturated rings. The van der Waals surface area contributed by atoms with Gasteiger partial charge in [0.1, 0.15) is 23.8 Å². The molecule has 1 unspecified atom stereocenters. The number of rotatable bonds is 9. The Morgan fingerprint density at radius 2 is 1.72 bits per heavy atom. The first-order valence-corrected chi connectivity index (χ1v) is 11.9. The Balaban J connectivity index is 1.63. The predicted molar refractivity (Wildman–Crippen MR) is 137 cm³/mol. The summed E-state index contributed by atoms with van der Waals surface area (Å²) in [5.74, 6) is -0.451. The fourth-order valence-corrected chi connectivity index (χ4v) is 4.30. The number of hydrogen-bond acceptors (Lipinski definition) is 5. The second kappa shape index (κ2) is 10.6. The van der Waals surface area contributed by atoms with Crippen LogP contribution in [0.4, 0.5) is 14.8 Å². The first kappa shape index (κ1) is 25.5. The molecular formula is C29H31F2N2O3. The van der Waals surface area contributed by atoms with Gasteiger partial charge in [-0.15, -0.1) is 0 Å². The van der Waals surface area contributed by atoms with Crippen LogP contribution < -0.4 is 14.4 Å². The van der Waals surface area contributed by atoms with Gasteiger partial charge in [-0.3, -0.25) is 0 Å². The van der Waals surface area contributed by atoms with Gasteiger partial charge in [0.15, 0.2) is 17.1 Å².